The fourth-order valence-electron chi connectivity index (χ4n) is 2.31. The van der Waals surface area contributed by atoms with E-state index in [1.165, 1.54) is 14.2 Å². The van der Waals surface area contributed by atoms with Gasteiger partial charge in [-0.1, -0.05) is 23.2 Å². The summed E-state index contributed by atoms with van der Waals surface area (Å²) in [7, 11) is 2.76. The van der Waals surface area contributed by atoms with Gasteiger partial charge in [0.1, 0.15) is 22.4 Å². The van der Waals surface area contributed by atoms with E-state index in [1.807, 2.05) is 0 Å². The van der Waals surface area contributed by atoms with Crippen LogP contribution in [-0.4, -0.2) is 30.2 Å². The number of ether oxygens (including phenoxy) is 2. The van der Waals surface area contributed by atoms with Crippen LogP contribution in [0.4, 0.5) is 5.82 Å². The molecule has 1 N–H and O–H groups in total. The van der Waals surface area contributed by atoms with Crippen molar-refractivity contribution in [3.63, 3.8) is 0 Å². The van der Waals surface area contributed by atoms with Gasteiger partial charge in [-0.3, -0.25) is 0 Å². The van der Waals surface area contributed by atoms with E-state index in [-0.39, 0.29) is 22.4 Å². The number of hydrogen-bond donors (Lipinski definition) is 1. The Kier molecular flexibility index (Phi) is 5.83. The molecular formula is C18H15Cl2N3O4. The van der Waals surface area contributed by atoms with Gasteiger partial charge in [-0.25, -0.2) is 14.8 Å². The molecule has 2 heterocycles. The molecule has 0 atom stereocenters. The molecule has 0 fully saturated rings. The molecule has 1 aromatic carbocycles. The molecule has 0 saturated carbocycles. The lowest BCUT2D eigenvalue weighted by Crippen LogP contribution is -2.11. The fraction of sp³-hybridized carbons (Fsp3) is 0.167. The van der Waals surface area contributed by atoms with Gasteiger partial charge < -0.3 is 19.2 Å². The SMILES string of the molecule is COC(=O)c1nc(-c2ccc(Cl)c(OC)c2)nc(NCc2ccco2)c1Cl. The lowest BCUT2D eigenvalue weighted by Gasteiger charge is -2.12. The standard InChI is InChI=1S/C18H15Cl2N3O4/c1-25-13-8-10(5-6-12(13)19)16-22-15(18(24)26-2)14(20)17(23-16)21-9-11-4-3-7-27-11/h3-8H,9H2,1-2H3,(H,21,22,23). The average molecular weight is 408 g/mol. The van der Waals surface area contributed by atoms with Gasteiger partial charge in [-0.15, -0.1) is 0 Å². The number of nitrogens with zero attached hydrogens (tertiary/aromatic N) is 2. The number of anilines is 1. The maximum Gasteiger partial charge on any atom is 0.358 e. The van der Waals surface area contributed by atoms with Crippen molar-refractivity contribution in [2.75, 3.05) is 19.5 Å². The van der Waals surface area contributed by atoms with Gasteiger partial charge in [0.2, 0.25) is 0 Å². The zero-order chi connectivity index (χ0) is 19.4. The third-order valence-electron chi connectivity index (χ3n) is 3.65. The topological polar surface area (TPSA) is 86.5 Å². The van der Waals surface area contributed by atoms with Crippen LogP contribution in [0, 0.1) is 0 Å². The molecule has 140 valence electrons. The maximum absolute atomic E-state index is 12.1. The number of hydrogen-bond acceptors (Lipinski definition) is 7. The highest BCUT2D eigenvalue weighted by Crippen LogP contribution is 2.32. The Balaban J connectivity index is 2.05. The first kappa shape index (κ1) is 19.0. The van der Waals surface area contributed by atoms with Gasteiger partial charge in [0.25, 0.3) is 0 Å². The van der Waals surface area contributed by atoms with Crippen LogP contribution in [0.1, 0.15) is 16.2 Å². The number of methoxy groups -OCH3 is 2. The lowest BCUT2D eigenvalue weighted by molar-refractivity contribution is 0.0594. The summed E-state index contributed by atoms with van der Waals surface area (Å²) in [5.74, 6) is 0.992. The van der Waals surface area contributed by atoms with E-state index >= 15 is 0 Å². The summed E-state index contributed by atoms with van der Waals surface area (Å²) in [6.45, 7) is 0.327. The molecule has 3 rings (SSSR count). The number of esters is 1. The summed E-state index contributed by atoms with van der Waals surface area (Å²) in [6, 6.07) is 8.61. The summed E-state index contributed by atoms with van der Waals surface area (Å²) in [6.07, 6.45) is 1.56. The number of aromatic nitrogens is 2. The summed E-state index contributed by atoms with van der Waals surface area (Å²) in [5.41, 5.74) is 0.541. The molecule has 0 amide bonds. The molecule has 9 heteroatoms. The second-order valence-electron chi connectivity index (χ2n) is 5.33. The molecular weight excluding hydrogens is 393 g/mol. The highest BCUT2D eigenvalue weighted by Gasteiger charge is 2.21. The normalized spacial score (nSPS) is 10.5. The average Bonchev–Trinajstić information content (AvgIpc) is 3.20. The van der Waals surface area contributed by atoms with Crippen molar-refractivity contribution < 1.29 is 18.7 Å². The quantitative estimate of drug-likeness (QED) is 0.603. The van der Waals surface area contributed by atoms with Crippen molar-refractivity contribution in [3.05, 3.63) is 58.1 Å². The molecule has 0 bridgehead atoms. The van der Waals surface area contributed by atoms with Gasteiger partial charge in [0.15, 0.2) is 11.5 Å². The third-order valence-corrected chi connectivity index (χ3v) is 4.32. The molecule has 7 nitrogen and oxygen atoms in total. The Labute approximate surface area is 165 Å². The van der Waals surface area contributed by atoms with E-state index in [4.69, 9.17) is 37.1 Å². The lowest BCUT2D eigenvalue weighted by atomic mass is 10.2. The number of carbonyl (C=O) groups excluding carboxylic acids is 1. The van der Waals surface area contributed by atoms with E-state index in [0.717, 1.165) is 0 Å². The smallest absolute Gasteiger partial charge is 0.358 e. The van der Waals surface area contributed by atoms with E-state index < -0.39 is 5.97 Å². The third kappa shape index (κ3) is 4.15. The molecule has 2 aromatic heterocycles. The molecule has 27 heavy (non-hydrogen) atoms. The predicted molar refractivity (Wildman–Crippen MR) is 101 cm³/mol. The van der Waals surface area contributed by atoms with Crippen molar-refractivity contribution in [1.82, 2.24) is 9.97 Å². The number of furan rings is 1. The van der Waals surface area contributed by atoms with Crippen molar-refractivity contribution >= 4 is 35.0 Å². The number of rotatable bonds is 6. The van der Waals surface area contributed by atoms with Crippen LogP contribution in [0.3, 0.4) is 0 Å². The van der Waals surface area contributed by atoms with Crippen molar-refractivity contribution in [2.24, 2.45) is 0 Å². The zero-order valence-corrected chi connectivity index (χ0v) is 16.0. The second-order valence-corrected chi connectivity index (χ2v) is 6.12. The fourth-order valence-corrected chi connectivity index (χ4v) is 2.73. The molecule has 0 saturated heterocycles. The van der Waals surface area contributed by atoms with Gasteiger partial charge in [-0.2, -0.15) is 0 Å². The van der Waals surface area contributed by atoms with Gasteiger partial charge in [-0.05, 0) is 30.3 Å². The number of carbonyl (C=O) groups is 1. The van der Waals surface area contributed by atoms with E-state index in [0.29, 0.717) is 28.6 Å². The number of nitrogens with one attached hydrogen (secondary N) is 1. The summed E-state index contributed by atoms with van der Waals surface area (Å²) < 4.78 is 15.3. The Morgan fingerprint density at radius 1 is 1.22 bits per heavy atom. The van der Waals surface area contributed by atoms with Crippen LogP contribution in [-0.2, 0) is 11.3 Å². The first-order valence-electron chi connectivity index (χ1n) is 7.79. The van der Waals surface area contributed by atoms with E-state index in [2.05, 4.69) is 15.3 Å². The van der Waals surface area contributed by atoms with Crippen molar-refractivity contribution in [1.29, 1.82) is 0 Å². The monoisotopic (exact) mass is 407 g/mol. The van der Waals surface area contributed by atoms with E-state index in [9.17, 15) is 4.79 Å². The van der Waals surface area contributed by atoms with Crippen LogP contribution >= 0.6 is 23.2 Å². The molecule has 0 radical (unpaired) electrons. The van der Waals surface area contributed by atoms with Crippen molar-refractivity contribution in [3.8, 4) is 17.1 Å². The predicted octanol–water partition coefficient (Wildman–Crippen LogP) is 4.45. The molecule has 0 aliphatic carbocycles. The highest BCUT2D eigenvalue weighted by atomic mass is 35.5. The minimum absolute atomic E-state index is 0.0538. The summed E-state index contributed by atoms with van der Waals surface area (Å²) in [4.78, 5) is 20.8. The van der Waals surface area contributed by atoms with Crippen LogP contribution < -0.4 is 10.1 Å². The molecule has 0 aliphatic heterocycles. The first-order chi connectivity index (χ1) is 13.0. The van der Waals surface area contributed by atoms with Crippen LogP contribution in [0.15, 0.2) is 41.0 Å². The van der Waals surface area contributed by atoms with Gasteiger partial charge in [0, 0.05) is 5.56 Å². The van der Waals surface area contributed by atoms with Crippen molar-refractivity contribution in [2.45, 2.75) is 6.54 Å². The molecule has 0 unspecified atom stereocenters. The van der Waals surface area contributed by atoms with Gasteiger partial charge in [0.05, 0.1) is 32.1 Å². The Hall–Kier alpha value is -2.77. The molecule has 0 spiro atoms. The minimum atomic E-state index is -0.675. The minimum Gasteiger partial charge on any atom is -0.495 e. The zero-order valence-electron chi connectivity index (χ0n) is 14.5. The van der Waals surface area contributed by atoms with Crippen LogP contribution in [0.25, 0.3) is 11.4 Å². The maximum atomic E-state index is 12.1. The second kappa shape index (κ2) is 8.28. The Morgan fingerprint density at radius 3 is 2.70 bits per heavy atom. The Morgan fingerprint density at radius 2 is 2.04 bits per heavy atom. The first-order valence-corrected chi connectivity index (χ1v) is 8.55. The largest absolute Gasteiger partial charge is 0.495 e. The van der Waals surface area contributed by atoms with E-state index in [1.54, 1.807) is 36.6 Å². The summed E-state index contributed by atoms with van der Waals surface area (Å²) in [5, 5.41) is 3.54. The van der Waals surface area contributed by atoms with Crippen LogP contribution in [0.5, 0.6) is 5.75 Å². The highest BCUT2D eigenvalue weighted by molar-refractivity contribution is 6.35. The summed E-state index contributed by atoms with van der Waals surface area (Å²) >= 11 is 12.4. The molecule has 3 aromatic rings. The molecule has 0 aliphatic rings. The van der Waals surface area contributed by atoms with Gasteiger partial charge >= 0.3 is 5.97 Å². The van der Waals surface area contributed by atoms with Crippen LogP contribution in [0.2, 0.25) is 10.0 Å². The number of halogens is 2. The Bertz CT molecular complexity index is 961. The number of benzene rings is 1.